The van der Waals surface area contributed by atoms with Crippen LogP contribution in [-0.2, 0) is 4.74 Å². The van der Waals surface area contributed by atoms with Gasteiger partial charge in [0.05, 0.1) is 12.7 Å². The van der Waals surface area contributed by atoms with E-state index in [1.165, 1.54) is 0 Å². The number of alkyl halides is 3. The van der Waals surface area contributed by atoms with Crippen LogP contribution in [0.25, 0.3) is 0 Å². The summed E-state index contributed by atoms with van der Waals surface area (Å²) in [6.45, 7) is 3.53. The van der Waals surface area contributed by atoms with E-state index in [-0.39, 0.29) is 18.9 Å². The van der Waals surface area contributed by atoms with Crippen molar-refractivity contribution in [1.29, 1.82) is 0 Å². The lowest BCUT2D eigenvalue weighted by atomic mass is 9.68. The molecule has 0 aliphatic heterocycles. The molecule has 2 rings (SSSR count). The van der Waals surface area contributed by atoms with Gasteiger partial charge in [-0.25, -0.2) is 13.2 Å². The number of rotatable bonds is 5. The summed E-state index contributed by atoms with van der Waals surface area (Å²) in [6, 6.07) is 0. The molecule has 122 valence electrons. The second kappa shape index (κ2) is 7.63. The summed E-state index contributed by atoms with van der Waals surface area (Å²) in [5.41, 5.74) is 0. The van der Waals surface area contributed by atoms with Gasteiger partial charge in [-0.05, 0) is 43.9 Å². The third kappa shape index (κ3) is 3.81. The van der Waals surface area contributed by atoms with E-state index in [0.717, 1.165) is 0 Å². The second-order valence-electron chi connectivity index (χ2n) is 6.32. The molecule has 0 aromatic rings. The number of halogens is 3. The Kier molecular flexibility index (Phi) is 6.11. The first kappa shape index (κ1) is 16.8. The van der Waals surface area contributed by atoms with E-state index in [9.17, 15) is 13.2 Å². The highest BCUT2D eigenvalue weighted by atomic mass is 19.2. The molecular formula is C16H25F3O2. The number of hydrogen-bond donors (Lipinski definition) is 1. The zero-order chi connectivity index (χ0) is 15.4. The van der Waals surface area contributed by atoms with Gasteiger partial charge in [-0.3, -0.25) is 0 Å². The lowest BCUT2D eigenvalue weighted by Crippen LogP contribution is -2.45. The Balaban J connectivity index is 1.90. The zero-order valence-corrected chi connectivity index (χ0v) is 12.3. The van der Waals surface area contributed by atoms with Gasteiger partial charge in [-0.2, -0.15) is 0 Å². The SMILES string of the molecule is C=CCOC1CCC(C2CCC(CO)C(F)C2F)CC1F. The van der Waals surface area contributed by atoms with Gasteiger partial charge in [0, 0.05) is 12.5 Å². The van der Waals surface area contributed by atoms with Gasteiger partial charge in [0.1, 0.15) is 18.5 Å². The molecule has 2 nitrogen and oxygen atoms in total. The monoisotopic (exact) mass is 306 g/mol. The molecule has 7 unspecified atom stereocenters. The van der Waals surface area contributed by atoms with Crippen molar-refractivity contribution in [2.24, 2.45) is 17.8 Å². The van der Waals surface area contributed by atoms with Crippen LogP contribution in [0.3, 0.4) is 0 Å². The van der Waals surface area contributed by atoms with Crippen LogP contribution >= 0.6 is 0 Å². The van der Waals surface area contributed by atoms with Gasteiger partial charge in [0.15, 0.2) is 0 Å². The van der Waals surface area contributed by atoms with Gasteiger partial charge < -0.3 is 9.84 Å². The van der Waals surface area contributed by atoms with Crippen LogP contribution in [0.2, 0.25) is 0 Å². The van der Waals surface area contributed by atoms with Gasteiger partial charge in [0.2, 0.25) is 0 Å². The lowest BCUT2D eigenvalue weighted by molar-refractivity contribution is -0.0639. The predicted molar refractivity (Wildman–Crippen MR) is 75.3 cm³/mol. The van der Waals surface area contributed by atoms with E-state index in [1.807, 2.05) is 0 Å². The van der Waals surface area contributed by atoms with E-state index in [4.69, 9.17) is 9.84 Å². The number of aliphatic hydroxyl groups is 1. The van der Waals surface area contributed by atoms with Crippen LogP contribution in [0.4, 0.5) is 13.2 Å². The van der Waals surface area contributed by atoms with Crippen LogP contribution in [0.5, 0.6) is 0 Å². The summed E-state index contributed by atoms with van der Waals surface area (Å²) in [5, 5.41) is 9.04. The minimum atomic E-state index is -1.62. The molecule has 1 N–H and O–H groups in total. The molecule has 2 fully saturated rings. The normalized spacial score (nSPS) is 44.5. The molecule has 5 heteroatoms. The molecule has 21 heavy (non-hydrogen) atoms. The quantitative estimate of drug-likeness (QED) is 0.789. The average Bonchev–Trinajstić information content (AvgIpc) is 2.49. The molecule has 0 heterocycles. The highest BCUT2D eigenvalue weighted by molar-refractivity contribution is 4.94. The fraction of sp³-hybridized carbons (Fsp3) is 0.875. The number of aliphatic hydroxyl groups excluding tert-OH is 1. The predicted octanol–water partition coefficient (Wildman–Crippen LogP) is 3.39. The van der Waals surface area contributed by atoms with Crippen LogP contribution in [0.15, 0.2) is 12.7 Å². The zero-order valence-electron chi connectivity index (χ0n) is 12.3. The van der Waals surface area contributed by atoms with Crippen molar-refractivity contribution < 1.29 is 23.0 Å². The van der Waals surface area contributed by atoms with Crippen molar-refractivity contribution in [2.45, 2.75) is 56.7 Å². The molecule has 0 bridgehead atoms. The molecule has 2 aliphatic carbocycles. The maximum absolute atomic E-state index is 14.2. The molecule has 0 amide bonds. The standard InChI is InChI=1S/C16H25F3O2/c1-2-7-21-14-6-4-10(8-13(14)17)12-5-3-11(9-20)15(18)16(12)19/h2,10-16,20H,1,3-9H2. The topological polar surface area (TPSA) is 29.5 Å². The molecule has 2 aliphatic rings. The van der Waals surface area contributed by atoms with Crippen LogP contribution < -0.4 is 0 Å². The molecule has 0 aromatic carbocycles. The molecular weight excluding hydrogens is 281 g/mol. The van der Waals surface area contributed by atoms with E-state index in [1.54, 1.807) is 6.08 Å². The Bertz CT molecular complexity index is 339. The van der Waals surface area contributed by atoms with Crippen molar-refractivity contribution in [3.8, 4) is 0 Å². The van der Waals surface area contributed by atoms with Gasteiger partial charge >= 0.3 is 0 Å². The summed E-state index contributed by atoms with van der Waals surface area (Å²) < 4.78 is 47.7. The maximum atomic E-state index is 14.2. The van der Waals surface area contributed by atoms with Gasteiger partial charge in [-0.1, -0.05) is 6.08 Å². The lowest BCUT2D eigenvalue weighted by Gasteiger charge is -2.41. The van der Waals surface area contributed by atoms with Crippen molar-refractivity contribution in [2.75, 3.05) is 13.2 Å². The highest BCUT2D eigenvalue weighted by Crippen LogP contribution is 2.43. The van der Waals surface area contributed by atoms with Gasteiger partial charge in [-0.15, -0.1) is 6.58 Å². The Morgan fingerprint density at radius 2 is 1.86 bits per heavy atom. The Labute approximate surface area is 124 Å². The summed E-state index contributed by atoms with van der Waals surface area (Å²) >= 11 is 0. The molecule has 7 atom stereocenters. The summed E-state index contributed by atoms with van der Waals surface area (Å²) in [5.74, 6) is -1.16. The first-order chi connectivity index (χ1) is 10.1. The molecule has 2 saturated carbocycles. The Morgan fingerprint density at radius 1 is 1.10 bits per heavy atom. The van der Waals surface area contributed by atoms with Crippen molar-refractivity contribution in [3.63, 3.8) is 0 Å². The Hall–Kier alpha value is -0.550. The third-order valence-electron chi connectivity index (χ3n) is 5.06. The number of hydrogen-bond acceptors (Lipinski definition) is 2. The third-order valence-corrected chi connectivity index (χ3v) is 5.06. The molecule has 0 saturated heterocycles. The summed E-state index contributed by atoms with van der Waals surface area (Å²) in [4.78, 5) is 0. The fourth-order valence-corrected chi connectivity index (χ4v) is 3.80. The number of ether oxygens (including phenoxy) is 1. The van der Waals surface area contributed by atoms with Crippen molar-refractivity contribution in [1.82, 2.24) is 0 Å². The fourth-order valence-electron chi connectivity index (χ4n) is 3.80. The molecule has 0 radical (unpaired) electrons. The van der Waals surface area contributed by atoms with E-state index >= 15 is 0 Å². The minimum Gasteiger partial charge on any atom is -0.396 e. The van der Waals surface area contributed by atoms with E-state index in [2.05, 4.69) is 6.58 Å². The highest BCUT2D eigenvalue weighted by Gasteiger charge is 2.45. The Morgan fingerprint density at radius 3 is 2.48 bits per heavy atom. The maximum Gasteiger partial charge on any atom is 0.136 e. The largest absolute Gasteiger partial charge is 0.396 e. The first-order valence-electron chi connectivity index (χ1n) is 7.84. The summed E-state index contributed by atoms with van der Waals surface area (Å²) in [7, 11) is 0. The average molecular weight is 306 g/mol. The van der Waals surface area contributed by atoms with E-state index < -0.39 is 36.5 Å². The van der Waals surface area contributed by atoms with Crippen molar-refractivity contribution in [3.05, 3.63) is 12.7 Å². The van der Waals surface area contributed by atoms with Crippen LogP contribution in [0.1, 0.15) is 32.1 Å². The van der Waals surface area contributed by atoms with Gasteiger partial charge in [0.25, 0.3) is 0 Å². The second-order valence-corrected chi connectivity index (χ2v) is 6.32. The van der Waals surface area contributed by atoms with Crippen molar-refractivity contribution >= 4 is 0 Å². The molecule has 0 aromatic heterocycles. The van der Waals surface area contributed by atoms with Crippen LogP contribution in [0, 0.1) is 17.8 Å². The minimum absolute atomic E-state index is 0.128. The molecule has 0 spiro atoms. The first-order valence-corrected chi connectivity index (χ1v) is 7.84. The van der Waals surface area contributed by atoms with Crippen LogP contribution in [-0.4, -0.2) is 42.9 Å². The smallest absolute Gasteiger partial charge is 0.136 e. The van der Waals surface area contributed by atoms with E-state index in [0.29, 0.717) is 32.3 Å². The summed E-state index contributed by atoms with van der Waals surface area (Å²) in [6.07, 6.45) is -0.733.